The second kappa shape index (κ2) is 7.44. The van der Waals surface area contributed by atoms with Gasteiger partial charge in [0.2, 0.25) is 11.8 Å². The third-order valence-electron chi connectivity index (χ3n) is 5.32. The van der Waals surface area contributed by atoms with Gasteiger partial charge in [0, 0.05) is 37.3 Å². The highest BCUT2D eigenvalue weighted by molar-refractivity contribution is 6.05. The molecule has 1 saturated heterocycles. The predicted octanol–water partition coefficient (Wildman–Crippen LogP) is 1.32. The van der Waals surface area contributed by atoms with Gasteiger partial charge >= 0.3 is 0 Å². The van der Waals surface area contributed by atoms with Gasteiger partial charge in [-0.15, -0.1) is 0 Å². The molecule has 2 heterocycles. The lowest BCUT2D eigenvalue weighted by Gasteiger charge is -2.29. The van der Waals surface area contributed by atoms with Gasteiger partial charge in [-0.2, -0.15) is 0 Å². The summed E-state index contributed by atoms with van der Waals surface area (Å²) in [6, 6.07) is 12.8. The molecule has 4 N–H and O–H groups in total. The highest BCUT2D eigenvalue weighted by atomic mass is 16.2. The fourth-order valence-corrected chi connectivity index (χ4v) is 3.86. The summed E-state index contributed by atoms with van der Waals surface area (Å²) in [4.78, 5) is 38.2. The van der Waals surface area contributed by atoms with Crippen molar-refractivity contribution in [2.45, 2.75) is 38.5 Å². The number of carbonyl (C=O) groups excluding carboxylic acids is 3. The second-order valence-electron chi connectivity index (χ2n) is 7.15. The maximum Gasteiger partial charge on any atom is 0.255 e. The van der Waals surface area contributed by atoms with Crippen LogP contribution in [0.15, 0.2) is 42.5 Å². The first-order chi connectivity index (χ1) is 13.5. The Morgan fingerprint density at radius 2 is 1.79 bits per heavy atom. The van der Waals surface area contributed by atoms with Crippen LogP contribution in [0, 0.1) is 0 Å². The Bertz CT molecular complexity index is 956. The molecule has 144 valence electrons. The summed E-state index contributed by atoms with van der Waals surface area (Å²) >= 11 is 0. The highest BCUT2D eigenvalue weighted by Gasteiger charge is 2.39. The molecule has 0 aromatic heterocycles. The third-order valence-corrected chi connectivity index (χ3v) is 5.32. The number of hydrogen-bond acceptors (Lipinski definition) is 5. The van der Waals surface area contributed by atoms with Crippen molar-refractivity contribution in [1.29, 1.82) is 0 Å². The minimum Gasteiger partial charge on any atom is -0.398 e. The van der Waals surface area contributed by atoms with E-state index in [4.69, 9.17) is 5.73 Å². The average Bonchev–Trinajstić information content (AvgIpc) is 3.01. The Hall–Kier alpha value is -3.19. The van der Waals surface area contributed by atoms with Gasteiger partial charge in [-0.05, 0) is 29.2 Å². The monoisotopic (exact) mass is 378 g/mol. The van der Waals surface area contributed by atoms with Crippen LogP contribution >= 0.6 is 0 Å². The van der Waals surface area contributed by atoms with Crippen LogP contribution in [0.5, 0.6) is 0 Å². The van der Waals surface area contributed by atoms with Crippen LogP contribution < -0.4 is 16.4 Å². The van der Waals surface area contributed by atoms with E-state index in [0.29, 0.717) is 31.6 Å². The second-order valence-corrected chi connectivity index (χ2v) is 7.15. The number of rotatable bonds is 5. The number of anilines is 1. The smallest absolute Gasteiger partial charge is 0.255 e. The molecule has 0 bridgehead atoms. The molecule has 7 heteroatoms. The van der Waals surface area contributed by atoms with Crippen molar-refractivity contribution in [2.75, 3.05) is 5.73 Å². The van der Waals surface area contributed by atoms with Gasteiger partial charge in [0.25, 0.3) is 5.91 Å². The topological polar surface area (TPSA) is 105 Å². The molecule has 0 saturated carbocycles. The first-order valence-corrected chi connectivity index (χ1v) is 9.34. The minimum atomic E-state index is -0.595. The summed E-state index contributed by atoms with van der Waals surface area (Å²) < 4.78 is 0. The normalized spacial score (nSPS) is 18.9. The number of carbonyl (C=O) groups is 3. The van der Waals surface area contributed by atoms with E-state index in [2.05, 4.69) is 10.6 Å². The van der Waals surface area contributed by atoms with E-state index in [-0.39, 0.29) is 18.2 Å². The first-order valence-electron chi connectivity index (χ1n) is 9.34. The Morgan fingerprint density at radius 3 is 2.57 bits per heavy atom. The SMILES string of the molecule is Nc1ccccc1CNCc1cccc2c1C(=O)N(C1CCC(=O)NC1=O)C2. The molecular formula is C21H22N4O3. The van der Waals surface area contributed by atoms with Crippen molar-refractivity contribution in [3.05, 3.63) is 64.7 Å². The number of amides is 3. The lowest BCUT2D eigenvalue weighted by Crippen LogP contribution is -2.52. The van der Waals surface area contributed by atoms with Crippen molar-refractivity contribution >= 4 is 23.4 Å². The summed E-state index contributed by atoms with van der Waals surface area (Å²) in [7, 11) is 0. The lowest BCUT2D eigenvalue weighted by molar-refractivity contribution is -0.136. The molecule has 28 heavy (non-hydrogen) atoms. The highest BCUT2D eigenvalue weighted by Crippen LogP contribution is 2.29. The predicted molar refractivity (Wildman–Crippen MR) is 104 cm³/mol. The zero-order valence-corrected chi connectivity index (χ0v) is 15.4. The van der Waals surface area contributed by atoms with Crippen LogP contribution in [-0.2, 0) is 29.2 Å². The molecule has 1 unspecified atom stereocenters. The number of nitrogen functional groups attached to an aromatic ring is 1. The number of para-hydroxylation sites is 1. The average molecular weight is 378 g/mol. The van der Waals surface area contributed by atoms with Gasteiger partial charge in [0.05, 0.1) is 0 Å². The van der Waals surface area contributed by atoms with E-state index in [0.717, 1.165) is 22.4 Å². The number of hydrogen-bond donors (Lipinski definition) is 3. The largest absolute Gasteiger partial charge is 0.398 e. The van der Waals surface area contributed by atoms with Gasteiger partial charge in [0.1, 0.15) is 6.04 Å². The number of fused-ring (bicyclic) bond motifs is 1. The quantitative estimate of drug-likeness (QED) is 0.538. The number of imide groups is 1. The van der Waals surface area contributed by atoms with Crippen molar-refractivity contribution in [3.8, 4) is 0 Å². The summed E-state index contributed by atoms with van der Waals surface area (Å²) in [6.45, 7) is 1.51. The van der Waals surface area contributed by atoms with Crippen LogP contribution in [0.25, 0.3) is 0 Å². The van der Waals surface area contributed by atoms with Crippen LogP contribution in [0.4, 0.5) is 5.69 Å². The number of nitrogens with one attached hydrogen (secondary N) is 2. The van der Waals surface area contributed by atoms with E-state index in [1.54, 1.807) is 4.90 Å². The fourth-order valence-electron chi connectivity index (χ4n) is 3.86. The van der Waals surface area contributed by atoms with E-state index < -0.39 is 11.9 Å². The molecule has 0 radical (unpaired) electrons. The number of nitrogens with two attached hydrogens (primary N) is 1. The van der Waals surface area contributed by atoms with Gasteiger partial charge in [-0.1, -0.05) is 36.4 Å². The van der Waals surface area contributed by atoms with E-state index >= 15 is 0 Å². The van der Waals surface area contributed by atoms with Gasteiger partial charge in [-0.3, -0.25) is 19.7 Å². The Balaban J connectivity index is 1.48. The summed E-state index contributed by atoms with van der Waals surface area (Å²) in [5.74, 6) is -0.826. The molecule has 0 spiro atoms. The molecule has 4 rings (SSSR count). The summed E-state index contributed by atoms with van der Waals surface area (Å²) in [6.07, 6.45) is 0.620. The van der Waals surface area contributed by atoms with E-state index in [1.807, 2.05) is 42.5 Å². The zero-order chi connectivity index (χ0) is 19.7. The summed E-state index contributed by atoms with van der Waals surface area (Å²) in [5.41, 5.74) is 10.2. The van der Waals surface area contributed by atoms with Crippen molar-refractivity contribution in [1.82, 2.24) is 15.5 Å². The zero-order valence-electron chi connectivity index (χ0n) is 15.4. The first kappa shape index (κ1) is 18.2. The van der Waals surface area contributed by atoms with Crippen LogP contribution in [0.2, 0.25) is 0 Å². The maximum atomic E-state index is 13.0. The maximum absolute atomic E-state index is 13.0. The van der Waals surface area contributed by atoms with Gasteiger partial charge in [-0.25, -0.2) is 0 Å². The summed E-state index contributed by atoms with van der Waals surface area (Å²) in [5, 5.41) is 5.67. The molecule has 2 aromatic carbocycles. The van der Waals surface area contributed by atoms with Crippen molar-refractivity contribution < 1.29 is 14.4 Å². The molecule has 0 aliphatic carbocycles. The molecule has 2 aliphatic rings. The lowest BCUT2D eigenvalue weighted by atomic mass is 10.0. The Kier molecular flexibility index (Phi) is 4.83. The molecule has 1 atom stereocenters. The van der Waals surface area contributed by atoms with E-state index in [1.165, 1.54) is 0 Å². The van der Waals surface area contributed by atoms with Crippen molar-refractivity contribution in [3.63, 3.8) is 0 Å². The van der Waals surface area contributed by atoms with Crippen LogP contribution in [0.1, 0.15) is 39.9 Å². The Morgan fingerprint density at radius 1 is 1.04 bits per heavy atom. The van der Waals surface area contributed by atoms with Crippen LogP contribution in [0.3, 0.4) is 0 Å². The molecule has 2 aliphatic heterocycles. The number of piperidine rings is 1. The number of benzene rings is 2. The number of nitrogens with zero attached hydrogens (tertiary/aromatic N) is 1. The van der Waals surface area contributed by atoms with Gasteiger partial charge < -0.3 is 16.0 Å². The molecule has 7 nitrogen and oxygen atoms in total. The Labute approximate surface area is 162 Å². The molecule has 2 aromatic rings. The van der Waals surface area contributed by atoms with Gasteiger partial charge in [0.15, 0.2) is 0 Å². The third kappa shape index (κ3) is 3.36. The molecule has 1 fully saturated rings. The van der Waals surface area contributed by atoms with E-state index in [9.17, 15) is 14.4 Å². The van der Waals surface area contributed by atoms with Crippen LogP contribution in [-0.4, -0.2) is 28.7 Å². The minimum absolute atomic E-state index is 0.152. The van der Waals surface area contributed by atoms with Crippen molar-refractivity contribution in [2.24, 2.45) is 0 Å². The molecular weight excluding hydrogens is 356 g/mol. The standard InChI is InChI=1S/C21H22N4O3/c22-16-7-2-1-4-13(16)10-23-11-14-5-3-6-15-12-25(21(28)19(14)15)17-8-9-18(26)24-20(17)27/h1-7,17,23H,8-12,22H2,(H,24,26,27). The molecule has 3 amide bonds. The fraction of sp³-hybridized carbons (Fsp3) is 0.286.